The van der Waals surface area contributed by atoms with E-state index in [2.05, 4.69) is 19.4 Å². The Kier molecular flexibility index (Phi) is 3.57. The van der Waals surface area contributed by atoms with Crippen molar-refractivity contribution in [1.82, 2.24) is 10.1 Å². The van der Waals surface area contributed by atoms with Gasteiger partial charge in [0.1, 0.15) is 5.82 Å². The van der Waals surface area contributed by atoms with E-state index in [-0.39, 0.29) is 18.1 Å². The molecule has 2 rings (SSSR count). The molecular weight excluding hydrogens is 263 g/mol. The molecule has 5 nitrogen and oxygen atoms in total. The summed E-state index contributed by atoms with van der Waals surface area (Å²) in [6, 6.07) is 4.27. The van der Waals surface area contributed by atoms with Gasteiger partial charge in [-0.3, -0.25) is 0 Å². The maximum Gasteiger partial charge on any atom is 0.397 e. The van der Waals surface area contributed by atoms with Crippen LogP contribution in [0.25, 0.3) is 0 Å². The van der Waals surface area contributed by atoms with E-state index in [4.69, 9.17) is 11.6 Å². The van der Waals surface area contributed by atoms with Crippen LogP contribution < -0.4 is 0 Å². The number of benzene rings is 1. The maximum absolute atomic E-state index is 13.5. The van der Waals surface area contributed by atoms with E-state index in [9.17, 15) is 9.18 Å². The molecular formula is C11H8ClFN2O3. The van der Waals surface area contributed by atoms with Gasteiger partial charge >= 0.3 is 11.9 Å². The number of aromatic nitrogens is 2. The van der Waals surface area contributed by atoms with Crippen LogP contribution in [-0.4, -0.2) is 23.2 Å². The normalized spacial score (nSPS) is 10.4. The van der Waals surface area contributed by atoms with Crippen LogP contribution in [0.2, 0.25) is 5.02 Å². The van der Waals surface area contributed by atoms with Gasteiger partial charge in [-0.2, -0.15) is 4.98 Å². The molecule has 1 aromatic carbocycles. The Bertz CT molecular complexity index is 585. The summed E-state index contributed by atoms with van der Waals surface area (Å²) in [5.74, 6) is -1.27. The molecule has 0 saturated heterocycles. The largest absolute Gasteiger partial charge is 0.462 e. The molecule has 0 bridgehead atoms. The van der Waals surface area contributed by atoms with Crippen LogP contribution in [0.15, 0.2) is 22.7 Å². The number of carbonyl (C=O) groups is 1. The minimum atomic E-state index is -0.731. The van der Waals surface area contributed by atoms with Crippen LogP contribution in [-0.2, 0) is 11.2 Å². The molecule has 0 aliphatic heterocycles. The lowest BCUT2D eigenvalue weighted by Gasteiger charge is -1.99. The summed E-state index contributed by atoms with van der Waals surface area (Å²) in [7, 11) is 1.20. The van der Waals surface area contributed by atoms with E-state index < -0.39 is 11.8 Å². The fraction of sp³-hybridized carbons (Fsp3) is 0.182. The Morgan fingerprint density at radius 3 is 3.00 bits per heavy atom. The highest BCUT2D eigenvalue weighted by atomic mass is 35.5. The second-order valence-electron chi connectivity index (χ2n) is 3.42. The van der Waals surface area contributed by atoms with Crippen LogP contribution in [0.4, 0.5) is 4.39 Å². The molecule has 0 saturated carbocycles. The molecule has 0 fully saturated rings. The summed E-state index contributed by atoms with van der Waals surface area (Å²) in [5.41, 5.74) is 0.358. The summed E-state index contributed by atoms with van der Waals surface area (Å²) in [5, 5.41) is 3.86. The zero-order chi connectivity index (χ0) is 13.1. The molecule has 0 aliphatic carbocycles. The second kappa shape index (κ2) is 5.14. The van der Waals surface area contributed by atoms with Crippen LogP contribution in [0.5, 0.6) is 0 Å². The lowest BCUT2D eigenvalue weighted by atomic mass is 10.1. The van der Waals surface area contributed by atoms with Crippen molar-refractivity contribution < 1.29 is 18.4 Å². The van der Waals surface area contributed by atoms with Crippen LogP contribution >= 0.6 is 11.6 Å². The number of halogens is 2. The Hall–Kier alpha value is -1.95. The molecule has 7 heteroatoms. The van der Waals surface area contributed by atoms with Crippen molar-refractivity contribution in [1.29, 1.82) is 0 Å². The monoisotopic (exact) mass is 270 g/mol. The van der Waals surface area contributed by atoms with E-state index in [1.165, 1.54) is 19.2 Å². The fourth-order valence-corrected chi connectivity index (χ4v) is 1.49. The Morgan fingerprint density at radius 2 is 2.33 bits per heavy atom. The van der Waals surface area contributed by atoms with Gasteiger partial charge in [0.05, 0.1) is 7.11 Å². The molecule has 1 aromatic heterocycles. The van der Waals surface area contributed by atoms with Crippen molar-refractivity contribution in [3.05, 3.63) is 46.3 Å². The third-order valence-corrected chi connectivity index (χ3v) is 2.43. The molecule has 0 atom stereocenters. The average Bonchev–Trinajstić information content (AvgIpc) is 2.80. The van der Waals surface area contributed by atoms with E-state index >= 15 is 0 Å². The van der Waals surface area contributed by atoms with Gasteiger partial charge < -0.3 is 9.26 Å². The van der Waals surface area contributed by atoms with Crippen molar-refractivity contribution in [2.45, 2.75) is 6.42 Å². The van der Waals surface area contributed by atoms with E-state index in [0.29, 0.717) is 10.6 Å². The predicted molar refractivity (Wildman–Crippen MR) is 59.9 cm³/mol. The van der Waals surface area contributed by atoms with Crippen LogP contribution in [0.1, 0.15) is 22.1 Å². The lowest BCUT2D eigenvalue weighted by molar-refractivity contribution is 0.0545. The van der Waals surface area contributed by atoms with Gasteiger partial charge in [-0.25, -0.2) is 9.18 Å². The first kappa shape index (κ1) is 12.5. The fourth-order valence-electron chi connectivity index (χ4n) is 1.33. The number of hydrogen-bond donors (Lipinski definition) is 0. The van der Waals surface area contributed by atoms with Crippen molar-refractivity contribution >= 4 is 17.6 Å². The highest BCUT2D eigenvalue weighted by Crippen LogP contribution is 2.16. The molecule has 0 unspecified atom stereocenters. The Balaban J connectivity index is 2.18. The Morgan fingerprint density at radius 1 is 1.56 bits per heavy atom. The molecule has 0 radical (unpaired) electrons. The molecule has 18 heavy (non-hydrogen) atoms. The zero-order valence-corrected chi connectivity index (χ0v) is 10.1. The average molecular weight is 271 g/mol. The van der Waals surface area contributed by atoms with Gasteiger partial charge in [-0.05, 0) is 17.7 Å². The number of carbonyl (C=O) groups excluding carboxylic acids is 1. The second-order valence-corrected chi connectivity index (χ2v) is 3.86. The summed E-state index contributed by atoms with van der Waals surface area (Å²) in [6.45, 7) is 0. The van der Waals surface area contributed by atoms with Crippen molar-refractivity contribution in [3.63, 3.8) is 0 Å². The lowest BCUT2D eigenvalue weighted by Crippen LogP contribution is -2.02. The highest BCUT2D eigenvalue weighted by molar-refractivity contribution is 6.30. The van der Waals surface area contributed by atoms with Gasteiger partial charge in [-0.1, -0.05) is 22.8 Å². The topological polar surface area (TPSA) is 65.2 Å². The predicted octanol–water partition coefficient (Wildman–Crippen LogP) is 2.24. The van der Waals surface area contributed by atoms with E-state index in [0.717, 1.165) is 0 Å². The molecule has 1 heterocycles. The molecule has 0 amide bonds. The van der Waals surface area contributed by atoms with Crippen molar-refractivity contribution in [3.8, 4) is 0 Å². The molecule has 0 aliphatic rings. The van der Waals surface area contributed by atoms with Gasteiger partial charge in [0.2, 0.25) is 0 Å². The minimum Gasteiger partial charge on any atom is -0.462 e. The number of ether oxygens (including phenoxy) is 1. The standard InChI is InChI=1S/C11H8ClFN2O3/c1-17-11(16)10-14-9(15-18-10)4-6-2-3-7(12)5-8(6)13/h2-3,5H,4H2,1H3. The quantitative estimate of drug-likeness (QED) is 0.800. The molecule has 0 spiro atoms. The van der Waals surface area contributed by atoms with E-state index in [1.807, 2.05) is 0 Å². The van der Waals surface area contributed by atoms with Crippen LogP contribution in [0.3, 0.4) is 0 Å². The first-order valence-electron chi connectivity index (χ1n) is 4.95. The summed E-state index contributed by atoms with van der Waals surface area (Å²) >= 11 is 5.63. The van der Waals surface area contributed by atoms with E-state index in [1.54, 1.807) is 6.07 Å². The van der Waals surface area contributed by atoms with Gasteiger partial charge in [0, 0.05) is 11.4 Å². The minimum absolute atomic E-state index is 0.101. The SMILES string of the molecule is COC(=O)c1nc(Cc2ccc(Cl)cc2F)no1. The maximum atomic E-state index is 13.5. The van der Waals surface area contributed by atoms with Gasteiger partial charge in [0.25, 0.3) is 0 Å². The highest BCUT2D eigenvalue weighted by Gasteiger charge is 2.16. The number of nitrogens with zero attached hydrogens (tertiary/aromatic N) is 2. The summed E-state index contributed by atoms with van der Waals surface area (Å²) < 4.78 is 22.6. The molecule has 94 valence electrons. The number of rotatable bonds is 3. The van der Waals surface area contributed by atoms with Crippen molar-refractivity contribution in [2.24, 2.45) is 0 Å². The first-order chi connectivity index (χ1) is 8.60. The zero-order valence-electron chi connectivity index (χ0n) is 9.31. The third kappa shape index (κ3) is 2.65. The van der Waals surface area contributed by atoms with Crippen molar-refractivity contribution in [2.75, 3.05) is 7.11 Å². The van der Waals surface area contributed by atoms with Crippen LogP contribution in [0, 0.1) is 5.82 Å². The van der Waals surface area contributed by atoms with Gasteiger partial charge in [-0.15, -0.1) is 0 Å². The smallest absolute Gasteiger partial charge is 0.397 e. The molecule has 0 N–H and O–H groups in total. The summed E-state index contributed by atoms with van der Waals surface area (Å²) in [4.78, 5) is 14.9. The van der Waals surface area contributed by atoms with Gasteiger partial charge in [0.15, 0.2) is 5.82 Å². The third-order valence-electron chi connectivity index (χ3n) is 2.19. The number of esters is 1. The summed E-state index contributed by atoms with van der Waals surface area (Å²) in [6.07, 6.45) is 0.101. The Labute approximate surface area is 107 Å². The number of hydrogen-bond acceptors (Lipinski definition) is 5. The number of methoxy groups -OCH3 is 1. The first-order valence-corrected chi connectivity index (χ1v) is 5.33. The molecule has 2 aromatic rings.